The minimum absolute atomic E-state index is 0.326. The number of aromatic nitrogens is 3. The lowest BCUT2D eigenvalue weighted by Gasteiger charge is -2.23. The molecule has 0 unspecified atom stereocenters. The molecule has 2 aromatic carbocycles. The third-order valence-corrected chi connectivity index (χ3v) is 6.46. The smallest absolute Gasteiger partial charge is 0.227 e. The van der Waals surface area contributed by atoms with Crippen LogP contribution in [0.3, 0.4) is 0 Å². The summed E-state index contributed by atoms with van der Waals surface area (Å²) in [5.74, 6) is 0.0499. The fraction of sp³-hybridized carbons (Fsp3) is 0.250. The zero-order valence-corrected chi connectivity index (χ0v) is 19.2. The van der Waals surface area contributed by atoms with Gasteiger partial charge in [0.15, 0.2) is 0 Å². The van der Waals surface area contributed by atoms with Crippen molar-refractivity contribution in [1.29, 1.82) is 0 Å². The number of hydrogen-bond donors (Lipinski definition) is 3. The molecule has 1 aliphatic heterocycles. The van der Waals surface area contributed by atoms with E-state index in [1.54, 1.807) is 12.3 Å². The fourth-order valence-corrected chi connectivity index (χ4v) is 4.55. The minimum atomic E-state index is -0.326. The average Bonchev–Trinajstić information content (AvgIpc) is 3.44. The van der Waals surface area contributed by atoms with Gasteiger partial charge in [0.05, 0.1) is 33.8 Å². The number of para-hydroxylation sites is 1. The predicted octanol–water partition coefficient (Wildman–Crippen LogP) is 4.88. The van der Waals surface area contributed by atoms with Crippen LogP contribution >= 0.6 is 11.6 Å². The lowest BCUT2D eigenvalue weighted by molar-refractivity contribution is 0.315. The van der Waals surface area contributed by atoms with Gasteiger partial charge in [0.25, 0.3) is 0 Å². The van der Waals surface area contributed by atoms with Crippen molar-refractivity contribution < 1.29 is 4.39 Å². The molecular weight excluding hydrogens is 441 g/mol. The molecule has 1 atom stereocenters. The van der Waals surface area contributed by atoms with Crippen LogP contribution in [-0.2, 0) is 0 Å². The maximum absolute atomic E-state index is 14.1. The number of nitrogens with one attached hydrogen (secondary N) is 2. The highest BCUT2D eigenvalue weighted by atomic mass is 35.5. The van der Waals surface area contributed by atoms with E-state index in [0.717, 1.165) is 30.9 Å². The Bertz CT molecular complexity index is 1320. The fourth-order valence-electron chi connectivity index (χ4n) is 4.36. The molecule has 0 radical (unpaired) electrons. The molecule has 4 N–H and O–H groups in total. The first-order valence-electron chi connectivity index (χ1n) is 10.8. The van der Waals surface area contributed by atoms with E-state index >= 15 is 0 Å². The first kappa shape index (κ1) is 21.5. The summed E-state index contributed by atoms with van der Waals surface area (Å²) >= 11 is 6.39. The van der Waals surface area contributed by atoms with Gasteiger partial charge in [0.1, 0.15) is 5.82 Å². The summed E-state index contributed by atoms with van der Waals surface area (Å²) in [6.07, 6.45) is 4.36. The average molecular weight is 466 g/mol. The standard InChI is InChI=1S/C24H25ClFN7/c1-32(2)15-8-9-33(13-15)21-7-6-14(10-20(21)27)30-24-29-12-18(25)22(31-24)17-11-28-23-16(17)4-3-5-19(23)26/h3-7,10-12,15,28H,8-9,13,27H2,1-2H3,(H,29,30,31)/t15-/m0/s1. The molecule has 0 bridgehead atoms. The van der Waals surface area contributed by atoms with Crippen molar-refractivity contribution in [3.8, 4) is 11.3 Å². The van der Waals surface area contributed by atoms with Crippen LogP contribution in [0.4, 0.5) is 27.4 Å². The third kappa shape index (κ3) is 4.07. The van der Waals surface area contributed by atoms with Gasteiger partial charge in [-0.15, -0.1) is 0 Å². The van der Waals surface area contributed by atoms with Crippen molar-refractivity contribution in [2.45, 2.75) is 12.5 Å². The normalized spacial score (nSPS) is 16.2. The number of benzene rings is 2. The molecule has 1 aliphatic rings. The largest absolute Gasteiger partial charge is 0.397 e. The van der Waals surface area contributed by atoms with Crippen molar-refractivity contribution in [1.82, 2.24) is 19.9 Å². The number of aromatic amines is 1. The van der Waals surface area contributed by atoms with E-state index in [-0.39, 0.29) is 5.82 Å². The SMILES string of the molecule is CN(C)[C@H]1CCN(c2ccc(Nc3ncc(Cl)c(-c4c[nH]c5c(F)cccc45)n3)cc2N)C1. The zero-order chi connectivity index (χ0) is 23.1. The molecule has 3 heterocycles. The Morgan fingerprint density at radius 1 is 1.27 bits per heavy atom. The highest BCUT2D eigenvalue weighted by Crippen LogP contribution is 2.34. The van der Waals surface area contributed by atoms with Crippen molar-refractivity contribution in [2.24, 2.45) is 0 Å². The summed E-state index contributed by atoms with van der Waals surface area (Å²) in [6.45, 7) is 1.94. The van der Waals surface area contributed by atoms with Gasteiger partial charge in [-0.25, -0.2) is 14.4 Å². The minimum Gasteiger partial charge on any atom is -0.397 e. The summed E-state index contributed by atoms with van der Waals surface area (Å²) in [7, 11) is 4.22. The first-order valence-corrected chi connectivity index (χ1v) is 11.1. The number of H-pyrrole nitrogens is 1. The van der Waals surface area contributed by atoms with Crippen LogP contribution in [-0.4, -0.2) is 53.1 Å². The number of likely N-dealkylation sites (N-methyl/N-ethyl adjacent to an activating group) is 1. The zero-order valence-electron chi connectivity index (χ0n) is 18.4. The molecule has 7 nitrogen and oxygen atoms in total. The quantitative estimate of drug-likeness (QED) is 0.364. The van der Waals surface area contributed by atoms with Gasteiger partial charge >= 0.3 is 0 Å². The Hall–Kier alpha value is -3.36. The molecule has 0 spiro atoms. The molecule has 1 fully saturated rings. The van der Waals surface area contributed by atoms with E-state index in [1.165, 1.54) is 12.3 Å². The van der Waals surface area contributed by atoms with Gasteiger partial charge < -0.3 is 25.8 Å². The van der Waals surface area contributed by atoms with E-state index in [2.05, 4.69) is 44.2 Å². The van der Waals surface area contributed by atoms with Gasteiger partial charge in [-0.05, 0) is 44.8 Å². The van der Waals surface area contributed by atoms with Crippen LogP contribution in [0.5, 0.6) is 0 Å². The molecule has 2 aromatic heterocycles. The second kappa shape index (κ2) is 8.53. The third-order valence-electron chi connectivity index (χ3n) is 6.18. The predicted molar refractivity (Wildman–Crippen MR) is 133 cm³/mol. The molecule has 0 amide bonds. The van der Waals surface area contributed by atoms with Crippen LogP contribution in [0.1, 0.15) is 6.42 Å². The van der Waals surface area contributed by atoms with Crippen LogP contribution in [0, 0.1) is 5.82 Å². The number of nitrogens with zero attached hydrogens (tertiary/aromatic N) is 4. The second-order valence-corrected chi connectivity index (χ2v) is 8.91. The second-order valence-electron chi connectivity index (χ2n) is 8.51. The van der Waals surface area contributed by atoms with E-state index in [4.69, 9.17) is 17.3 Å². The Morgan fingerprint density at radius 3 is 2.88 bits per heavy atom. The summed E-state index contributed by atoms with van der Waals surface area (Å²) < 4.78 is 14.1. The van der Waals surface area contributed by atoms with Crippen molar-refractivity contribution in [2.75, 3.05) is 43.1 Å². The van der Waals surface area contributed by atoms with E-state index < -0.39 is 0 Å². The van der Waals surface area contributed by atoms with Crippen LogP contribution in [0.15, 0.2) is 48.8 Å². The molecule has 0 saturated carbocycles. The Kier molecular flexibility index (Phi) is 5.55. The number of halogens is 2. The maximum Gasteiger partial charge on any atom is 0.227 e. The van der Waals surface area contributed by atoms with E-state index in [9.17, 15) is 4.39 Å². The summed E-state index contributed by atoms with van der Waals surface area (Å²) in [5.41, 5.74) is 10.5. The number of nitrogens with two attached hydrogens (primary N) is 1. The van der Waals surface area contributed by atoms with Gasteiger partial charge in [-0.3, -0.25) is 0 Å². The van der Waals surface area contributed by atoms with Crippen LogP contribution in [0.2, 0.25) is 5.02 Å². The Balaban J connectivity index is 1.40. The maximum atomic E-state index is 14.1. The molecule has 33 heavy (non-hydrogen) atoms. The Morgan fingerprint density at radius 2 is 2.12 bits per heavy atom. The number of hydrogen-bond acceptors (Lipinski definition) is 6. The molecular formula is C24H25ClFN7. The molecule has 9 heteroatoms. The van der Waals surface area contributed by atoms with E-state index in [0.29, 0.717) is 44.9 Å². The summed E-state index contributed by atoms with van der Waals surface area (Å²) in [5, 5.41) is 4.29. The summed E-state index contributed by atoms with van der Waals surface area (Å²) in [6, 6.07) is 11.3. The number of nitrogen functional groups attached to an aromatic ring is 1. The number of rotatable bonds is 5. The first-order chi connectivity index (χ1) is 15.9. The molecule has 5 rings (SSSR count). The number of anilines is 4. The highest BCUT2D eigenvalue weighted by Gasteiger charge is 2.25. The van der Waals surface area contributed by atoms with Gasteiger partial charge in [-0.1, -0.05) is 23.7 Å². The van der Waals surface area contributed by atoms with E-state index in [1.807, 2.05) is 24.3 Å². The van der Waals surface area contributed by atoms with Gasteiger partial charge in [-0.2, -0.15) is 0 Å². The van der Waals surface area contributed by atoms with Gasteiger partial charge in [0, 0.05) is 42.0 Å². The topological polar surface area (TPSA) is 86.1 Å². The summed E-state index contributed by atoms with van der Waals surface area (Å²) in [4.78, 5) is 16.4. The van der Waals surface area contributed by atoms with Crippen LogP contribution in [0.25, 0.3) is 22.2 Å². The lowest BCUT2D eigenvalue weighted by Crippen LogP contribution is -2.31. The molecule has 170 valence electrons. The molecule has 1 saturated heterocycles. The van der Waals surface area contributed by atoms with Crippen molar-refractivity contribution in [3.63, 3.8) is 0 Å². The van der Waals surface area contributed by atoms with Crippen molar-refractivity contribution >= 4 is 45.5 Å². The Labute approximate surface area is 196 Å². The van der Waals surface area contributed by atoms with Crippen molar-refractivity contribution in [3.05, 3.63) is 59.6 Å². The number of fused-ring (bicyclic) bond motifs is 1. The van der Waals surface area contributed by atoms with Crippen LogP contribution < -0.4 is 16.0 Å². The monoisotopic (exact) mass is 465 g/mol. The van der Waals surface area contributed by atoms with Gasteiger partial charge in [0.2, 0.25) is 5.95 Å². The highest BCUT2D eigenvalue weighted by molar-refractivity contribution is 6.33. The molecule has 4 aromatic rings. The lowest BCUT2D eigenvalue weighted by atomic mass is 10.1. The molecule has 0 aliphatic carbocycles.